The van der Waals surface area contributed by atoms with Crippen molar-refractivity contribution in [2.24, 2.45) is 0 Å². The fourth-order valence-corrected chi connectivity index (χ4v) is 5.36. The van der Waals surface area contributed by atoms with Gasteiger partial charge in [-0.05, 0) is 42.1 Å². The molecule has 0 radical (unpaired) electrons. The molecule has 28 heavy (non-hydrogen) atoms. The van der Waals surface area contributed by atoms with E-state index in [2.05, 4.69) is 0 Å². The Morgan fingerprint density at radius 2 is 1.75 bits per heavy atom. The largest absolute Gasteiger partial charge is 0.389 e. The van der Waals surface area contributed by atoms with Gasteiger partial charge in [0.25, 0.3) is 10.0 Å². The number of nitrogens with zero attached hydrogens (tertiary/aromatic N) is 1. The highest BCUT2D eigenvalue weighted by Gasteiger charge is 2.36. The molecule has 3 aromatic carbocycles. The van der Waals surface area contributed by atoms with Crippen molar-refractivity contribution < 1.29 is 18.3 Å². The number of aliphatic hydroxyl groups excluding tert-OH is 1. The number of ether oxygens (including phenoxy) is 1. The first-order chi connectivity index (χ1) is 13.4. The van der Waals surface area contributed by atoms with Gasteiger partial charge in [-0.3, -0.25) is 4.31 Å². The maximum absolute atomic E-state index is 13.0. The molecule has 0 aliphatic carbocycles. The van der Waals surface area contributed by atoms with Gasteiger partial charge < -0.3 is 9.84 Å². The fourth-order valence-electron chi connectivity index (χ4n) is 3.48. The van der Waals surface area contributed by atoms with Crippen LogP contribution in [0.15, 0.2) is 65.6 Å². The summed E-state index contributed by atoms with van der Waals surface area (Å²) in [7, 11) is -3.69. The molecule has 0 saturated carbocycles. The molecule has 0 bridgehead atoms. The molecule has 0 aromatic heterocycles. The zero-order chi connectivity index (χ0) is 19.9. The van der Waals surface area contributed by atoms with E-state index in [4.69, 9.17) is 16.3 Å². The number of rotatable bonds is 6. The van der Waals surface area contributed by atoms with E-state index in [0.717, 1.165) is 10.9 Å². The Morgan fingerprint density at radius 3 is 2.46 bits per heavy atom. The number of benzene rings is 3. The Bertz CT molecular complexity index is 1110. The lowest BCUT2D eigenvalue weighted by Crippen LogP contribution is -2.37. The molecule has 5 nitrogen and oxygen atoms in total. The molecule has 1 heterocycles. The molecule has 0 spiro atoms. The Morgan fingerprint density at radius 1 is 1.07 bits per heavy atom. The van der Waals surface area contributed by atoms with Crippen molar-refractivity contribution in [3.05, 3.63) is 71.2 Å². The van der Waals surface area contributed by atoms with Gasteiger partial charge in [-0.25, -0.2) is 8.42 Å². The summed E-state index contributed by atoms with van der Waals surface area (Å²) in [4.78, 5) is 0.281. The Hall–Kier alpha value is -2.12. The lowest BCUT2D eigenvalue weighted by atomic mass is 10.1. The lowest BCUT2D eigenvalue weighted by molar-refractivity contribution is 0.00140. The normalized spacial score (nSPS) is 17.0. The zero-order valence-electron chi connectivity index (χ0n) is 15.2. The molecule has 1 N–H and O–H groups in total. The van der Waals surface area contributed by atoms with Crippen molar-refractivity contribution in [2.45, 2.75) is 24.0 Å². The molecule has 4 rings (SSSR count). The van der Waals surface area contributed by atoms with E-state index in [1.807, 2.05) is 37.3 Å². The summed E-state index contributed by atoms with van der Waals surface area (Å²) in [5.41, 5.74) is 1.53. The van der Waals surface area contributed by atoms with Gasteiger partial charge in [-0.15, -0.1) is 0 Å². The number of hydrogen-bond donors (Lipinski definition) is 1. The summed E-state index contributed by atoms with van der Waals surface area (Å²) in [5, 5.41) is 12.7. The number of aliphatic hydroxyl groups is 1. The molecule has 0 fully saturated rings. The smallest absolute Gasteiger partial charge is 0.265 e. The van der Waals surface area contributed by atoms with Crippen LogP contribution >= 0.6 is 11.6 Å². The number of β-amino-alcohol motifs (C(OH)–C–C–N with tert-alkyl or cyclic N) is 1. The first-order valence-electron chi connectivity index (χ1n) is 8.97. The minimum atomic E-state index is -3.69. The summed E-state index contributed by atoms with van der Waals surface area (Å²) in [5.74, 6) is 0. The first-order valence-corrected chi connectivity index (χ1v) is 10.8. The van der Waals surface area contributed by atoms with Gasteiger partial charge in [0.05, 0.1) is 35.9 Å². The minimum Gasteiger partial charge on any atom is -0.389 e. The van der Waals surface area contributed by atoms with Gasteiger partial charge in [0.2, 0.25) is 0 Å². The van der Waals surface area contributed by atoms with Gasteiger partial charge in [0.15, 0.2) is 0 Å². The summed E-state index contributed by atoms with van der Waals surface area (Å²) < 4.78 is 32.9. The summed E-state index contributed by atoms with van der Waals surface area (Å²) in [6.07, 6.45) is -1.21. The summed E-state index contributed by atoms with van der Waals surface area (Å²) >= 11 is 5.89. The average Bonchev–Trinajstić information content (AvgIpc) is 2.90. The van der Waals surface area contributed by atoms with E-state index < -0.39 is 16.1 Å². The van der Waals surface area contributed by atoms with Crippen LogP contribution in [0.4, 0.5) is 5.69 Å². The standard InChI is InChI=1S/C21H20ClNO4S/c1-14(15-8-10-17(22)11-9-15)27-13-18(24)12-23-19-6-2-4-16-5-3-7-20(21(16)19)28(23,25)26/h2-11,14,18,24H,12-13H2,1H3/t14-,18+/m0/s1. The summed E-state index contributed by atoms with van der Waals surface area (Å²) in [6, 6.07) is 18.0. The molecular formula is C21H20ClNO4S. The van der Waals surface area contributed by atoms with Crippen LogP contribution in [0, 0.1) is 0 Å². The number of sulfonamides is 1. The predicted molar refractivity (Wildman–Crippen MR) is 110 cm³/mol. The third-order valence-electron chi connectivity index (χ3n) is 4.94. The van der Waals surface area contributed by atoms with Crippen molar-refractivity contribution >= 4 is 38.1 Å². The van der Waals surface area contributed by atoms with Crippen LogP contribution in [0.1, 0.15) is 18.6 Å². The van der Waals surface area contributed by atoms with Crippen LogP contribution in [0.25, 0.3) is 10.8 Å². The van der Waals surface area contributed by atoms with Gasteiger partial charge in [0.1, 0.15) is 0 Å². The minimum absolute atomic E-state index is 0.0160. The van der Waals surface area contributed by atoms with Gasteiger partial charge >= 0.3 is 0 Å². The Balaban J connectivity index is 1.49. The predicted octanol–water partition coefficient (Wildman–Crippen LogP) is 4.14. The highest BCUT2D eigenvalue weighted by atomic mass is 35.5. The third kappa shape index (κ3) is 3.37. The fraction of sp³-hybridized carbons (Fsp3) is 0.238. The summed E-state index contributed by atoms with van der Waals surface area (Å²) in [6.45, 7) is 1.82. The quantitative estimate of drug-likeness (QED) is 0.654. The van der Waals surface area contributed by atoms with Crippen LogP contribution in [0.5, 0.6) is 0 Å². The van der Waals surface area contributed by atoms with Crippen LogP contribution in [-0.4, -0.2) is 32.8 Å². The third-order valence-corrected chi connectivity index (χ3v) is 7.01. The van der Waals surface area contributed by atoms with E-state index in [9.17, 15) is 13.5 Å². The van der Waals surface area contributed by atoms with Crippen molar-refractivity contribution in [1.82, 2.24) is 0 Å². The highest BCUT2D eigenvalue weighted by Crippen LogP contribution is 2.41. The number of hydrogen-bond acceptors (Lipinski definition) is 4. The van der Waals surface area contributed by atoms with Crippen molar-refractivity contribution in [2.75, 3.05) is 17.5 Å². The number of anilines is 1. The maximum Gasteiger partial charge on any atom is 0.265 e. The zero-order valence-corrected chi connectivity index (χ0v) is 16.8. The van der Waals surface area contributed by atoms with Crippen LogP contribution in [0.3, 0.4) is 0 Å². The van der Waals surface area contributed by atoms with Crippen molar-refractivity contribution in [3.8, 4) is 0 Å². The molecular weight excluding hydrogens is 398 g/mol. The highest BCUT2D eigenvalue weighted by molar-refractivity contribution is 7.93. The molecule has 0 saturated heterocycles. The van der Waals surface area contributed by atoms with E-state index in [1.54, 1.807) is 30.3 Å². The van der Waals surface area contributed by atoms with Gasteiger partial charge in [-0.2, -0.15) is 0 Å². The topological polar surface area (TPSA) is 66.8 Å². The molecule has 146 valence electrons. The molecule has 1 aliphatic rings. The second-order valence-corrected chi connectivity index (χ2v) is 9.12. The Kier molecular flexibility index (Phi) is 5.05. The van der Waals surface area contributed by atoms with Gasteiger partial charge in [-0.1, -0.05) is 48.0 Å². The SMILES string of the molecule is C[C@H](OC[C@H](O)CN1c2cccc3cccc(c23)S1(=O)=O)c1ccc(Cl)cc1. The van der Waals surface area contributed by atoms with Crippen molar-refractivity contribution in [3.63, 3.8) is 0 Å². The van der Waals surface area contributed by atoms with Crippen LogP contribution in [-0.2, 0) is 14.8 Å². The van der Waals surface area contributed by atoms with Crippen molar-refractivity contribution in [1.29, 1.82) is 0 Å². The molecule has 0 amide bonds. The monoisotopic (exact) mass is 417 g/mol. The number of halogens is 1. The lowest BCUT2D eigenvalue weighted by Gasteiger charge is -2.23. The van der Waals surface area contributed by atoms with E-state index >= 15 is 0 Å². The Labute approximate surface area is 169 Å². The van der Waals surface area contributed by atoms with E-state index in [1.165, 1.54) is 4.31 Å². The molecule has 2 atom stereocenters. The van der Waals surface area contributed by atoms with E-state index in [-0.39, 0.29) is 24.2 Å². The molecule has 7 heteroatoms. The average molecular weight is 418 g/mol. The van der Waals surface area contributed by atoms with Crippen LogP contribution < -0.4 is 4.31 Å². The first kappa shape index (κ1) is 19.2. The van der Waals surface area contributed by atoms with E-state index in [0.29, 0.717) is 16.1 Å². The van der Waals surface area contributed by atoms with Gasteiger partial charge in [0, 0.05) is 10.4 Å². The van der Waals surface area contributed by atoms with Crippen LogP contribution in [0.2, 0.25) is 5.02 Å². The second-order valence-electron chi connectivity index (χ2n) is 6.85. The molecule has 1 aliphatic heterocycles. The molecule has 0 unspecified atom stereocenters. The second kappa shape index (κ2) is 7.37. The maximum atomic E-state index is 13.0. The molecule has 3 aromatic rings.